The Morgan fingerprint density at radius 2 is 1.67 bits per heavy atom. The SMILES string of the molecule is COC(=O)c1cccc(OS(=O)(=O)c2ccc(C(F)(F)F)cc2)c1. The van der Waals surface area contributed by atoms with Gasteiger partial charge >= 0.3 is 22.3 Å². The van der Waals surface area contributed by atoms with Crippen LogP contribution in [0.15, 0.2) is 53.4 Å². The molecule has 0 fully saturated rings. The highest BCUT2D eigenvalue weighted by molar-refractivity contribution is 7.87. The predicted octanol–water partition coefficient (Wildman–Crippen LogP) is 3.26. The van der Waals surface area contributed by atoms with E-state index in [1.807, 2.05) is 0 Å². The highest BCUT2D eigenvalue weighted by Gasteiger charge is 2.30. The summed E-state index contributed by atoms with van der Waals surface area (Å²) in [4.78, 5) is 11.0. The average molecular weight is 360 g/mol. The summed E-state index contributed by atoms with van der Waals surface area (Å²) in [5, 5.41) is 0. The third-order valence-electron chi connectivity index (χ3n) is 2.93. The van der Waals surface area contributed by atoms with Gasteiger partial charge in [0.2, 0.25) is 0 Å². The van der Waals surface area contributed by atoms with Crippen LogP contribution in [-0.2, 0) is 21.0 Å². The van der Waals surface area contributed by atoms with Gasteiger partial charge in [-0.25, -0.2) is 4.79 Å². The Bertz CT molecular complexity index is 842. The van der Waals surface area contributed by atoms with Crippen LogP contribution >= 0.6 is 0 Å². The number of carbonyl (C=O) groups excluding carboxylic acids is 1. The fourth-order valence-corrected chi connectivity index (χ4v) is 2.70. The topological polar surface area (TPSA) is 69.7 Å². The molecule has 2 rings (SSSR count). The van der Waals surface area contributed by atoms with Crippen molar-refractivity contribution in [3.63, 3.8) is 0 Å². The van der Waals surface area contributed by atoms with E-state index < -0.39 is 32.7 Å². The lowest BCUT2D eigenvalue weighted by Crippen LogP contribution is -2.11. The van der Waals surface area contributed by atoms with Gasteiger partial charge in [0, 0.05) is 0 Å². The van der Waals surface area contributed by atoms with E-state index in [4.69, 9.17) is 4.18 Å². The summed E-state index contributed by atoms with van der Waals surface area (Å²) in [5.74, 6) is -0.856. The molecule has 5 nitrogen and oxygen atoms in total. The summed E-state index contributed by atoms with van der Waals surface area (Å²) in [6.07, 6.45) is -4.57. The molecule has 0 atom stereocenters. The maximum absolute atomic E-state index is 12.5. The normalized spacial score (nSPS) is 11.8. The van der Waals surface area contributed by atoms with Gasteiger partial charge < -0.3 is 8.92 Å². The van der Waals surface area contributed by atoms with Crippen LogP contribution in [0.2, 0.25) is 0 Å². The number of hydrogen-bond donors (Lipinski definition) is 0. The van der Waals surface area contributed by atoms with Crippen molar-refractivity contribution in [2.24, 2.45) is 0 Å². The minimum absolute atomic E-state index is 0.0672. The Kier molecular flexibility index (Phi) is 4.83. The molecule has 2 aromatic carbocycles. The van der Waals surface area contributed by atoms with E-state index in [0.29, 0.717) is 12.1 Å². The summed E-state index contributed by atoms with van der Waals surface area (Å²) in [7, 11) is -3.18. The van der Waals surface area contributed by atoms with Gasteiger partial charge in [0.15, 0.2) is 0 Å². The number of hydrogen-bond acceptors (Lipinski definition) is 5. The molecule has 0 saturated heterocycles. The third kappa shape index (κ3) is 4.05. The maximum atomic E-state index is 12.5. The Balaban J connectivity index is 2.27. The standard InChI is InChI=1S/C15H11F3O5S/c1-22-14(19)10-3-2-4-12(9-10)23-24(20,21)13-7-5-11(6-8-13)15(16,17)18/h2-9H,1H3. The second-order valence-electron chi connectivity index (χ2n) is 4.58. The highest BCUT2D eigenvalue weighted by Crippen LogP contribution is 2.30. The van der Waals surface area contributed by atoms with Crippen molar-refractivity contribution in [3.05, 3.63) is 59.7 Å². The number of carbonyl (C=O) groups is 1. The number of alkyl halides is 3. The first-order valence-electron chi connectivity index (χ1n) is 6.43. The second kappa shape index (κ2) is 6.52. The molecule has 0 heterocycles. The highest BCUT2D eigenvalue weighted by atomic mass is 32.2. The molecule has 0 aromatic heterocycles. The molecule has 0 spiro atoms. The molecule has 0 bridgehead atoms. The van der Waals surface area contributed by atoms with Crippen molar-refractivity contribution < 1.29 is 35.3 Å². The average Bonchev–Trinajstić information content (AvgIpc) is 2.53. The first-order valence-corrected chi connectivity index (χ1v) is 7.84. The quantitative estimate of drug-likeness (QED) is 0.618. The number of rotatable bonds is 4. The van der Waals surface area contributed by atoms with E-state index in [0.717, 1.165) is 25.3 Å². The van der Waals surface area contributed by atoms with E-state index in [2.05, 4.69) is 4.74 Å². The Hall–Kier alpha value is -2.55. The number of esters is 1. The Morgan fingerprint density at radius 3 is 2.21 bits per heavy atom. The van der Waals surface area contributed by atoms with E-state index in [1.54, 1.807) is 0 Å². The predicted molar refractivity (Wildman–Crippen MR) is 77.0 cm³/mol. The number of methoxy groups -OCH3 is 1. The van der Waals surface area contributed by atoms with Gasteiger partial charge in [-0.2, -0.15) is 21.6 Å². The Labute approximate surface area is 135 Å². The van der Waals surface area contributed by atoms with Crippen LogP contribution in [0.3, 0.4) is 0 Å². The summed E-state index contributed by atoms with van der Waals surface area (Å²) in [5.41, 5.74) is -0.910. The number of benzene rings is 2. The molecule has 24 heavy (non-hydrogen) atoms. The fraction of sp³-hybridized carbons (Fsp3) is 0.133. The van der Waals surface area contributed by atoms with Crippen molar-refractivity contribution >= 4 is 16.1 Å². The molecule has 0 amide bonds. The lowest BCUT2D eigenvalue weighted by Gasteiger charge is -2.10. The molecule has 128 valence electrons. The van der Waals surface area contributed by atoms with Gasteiger partial charge in [0.1, 0.15) is 10.6 Å². The zero-order valence-electron chi connectivity index (χ0n) is 12.2. The minimum atomic E-state index is -4.57. The van der Waals surface area contributed by atoms with Crippen LogP contribution in [0, 0.1) is 0 Å². The van der Waals surface area contributed by atoms with Crippen LogP contribution in [-0.4, -0.2) is 21.5 Å². The lowest BCUT2D eigenvalue weighted by molar-refractivity contribution is -0.137. The van der Waals surface area contributed by atoms with Crippen molar-refractivity contribution in [2.45, 2.75) is 11.1 Å². The Morgan fingerprint density at radius 1 is 1.04 bits per heavy atom. The minimum Gasteiger partial charge on any atom is -0.465 e. The first-order chi connectivity index (χ1) is 11.1. The maximum Gasteiger partial charge on any atom is 0.416 e. The molecule has 0 aliphatic heterocycles. The van der Waals surface area contributed by atoms with E-state index in [-0.39, 0.29) is 11.3 Å². The molecular weight excluding hydrogens is 349 g/mol. The van der Waals surface area contributed by atoms with Crippen LogP contribution in [0.25, 0.3) is 0 Å². The second-order valence-corrected chi connectivity index (χ2v) is 6.13. The van der Waals surface area contributed by atoms with Gasteiger partial charge in [0.05, 0.1) is 18.2 Å². The summed E-state index contributed by atoms with van der Waals surface area (Å²) < 4.78 is 71.0. The van der Waals surface area contributed by atoms with Crippen LogP contribution in [0.5, 0.6) is 5.75 Å². The molecule has 0 saturated carbocycles. The van der Waals surface area contributed by atoms with Gasteiger partial charge in [-0.15, -0.1) is 0 Å². The van der Waals surface area contributed by atoms with Crippen molar-refractivity contribution in [3.8, 4) is 5.75 Å². The van der Waals surface area contributed by atoms with Crippen molar-refractivity contribution in [1.82, 2.24) is 0 Å². The van der Waals surface area contributed by atoms with Gasteiger partial charge in [-0.3, -0.25) is 0 Å². The summed E-state index contributed by atoms with van der Waals surface area (Å²) >= 11 is 0. The lowest BCUT2D eigenvalue weighted by atomic mass is 10.2. The summed E-state index contributed by atoms with van der Waals surface area (Å²) in [6, 6.07) is 8.07. The van der Waals surface area contributed by atoms with Gasteiger partial charge in [-0.05, 0) is 42.5 Å². The summed E-state index contributed by atoms with van der Waals surface area (Å²) in [6.45, 7) is 0. The zero-order chi connectivity index (χ0) is 18.0. The molecule has 2 aromatic rings. The molecular formula is C15H11F3O5S. The van der Waals surface area contributed by atoms with Gasteiger partial charge in [-0.1, -0.05) is 6.07 Å². The molecule has 0 unspecified atom stereocenters. The fourth-order valence-electron chi connectivity index (χ4n) is 1.78. The van der Waals surface area contributed by atoms with E-state index in [9.17, 15) is 26.4 Å². The monoisotopic (exact) mass is 360 g/mol. The first kappa shape index (κ1) is 17.8. The van der Waals surface area contributed by atoms with Crippen molar-refractivity contribution in [2.75, 3.05) is 7.11 Å². The van der Waals surface area contributed by atoms with E-state index >= 15 is 0 Å². The smallest absolute Gasteiger partial charge is 0.416 e. The van der Waals surface area contributed by atoms with Crippen LogP contribution in [0.1, 0.15) is 15.9 Å². The number of halogens is 3. The largest absolute Gasteiger partial charge is 0.465 e. The van der Waals surface area contributed by atoms with Crippen LogP contribution < -0.4 is 4.18 Å². The molecule has 0 aliphatic rings. The van der Waals surface area contributed by atoms with Gasteiger partial charge in [0.25, 0.3) is 0 Å². The molecule has 0 radical (unpaired) electrons. The molecule has 0 aliphatic carbocycles. The van der Waals surface area contributed by atoms with E-state index in [1.165, 1.54) is 18.2 Å². The number of ether oxygens (including phenoxy) is 1. The third-order valence-corrected chi connectivity index (χ3v) is 4.19. The molecule has 9 heteroatoms. The molecule has 0 N–H and O–H groups in total. The zero-order valence-corrected chi connectivity index (χ0v) is 13.0. The van der Waals surface area contributed by atoms with Crippen molar-refractivity contribution in [1.29, 1.82) is 0 Å². The van der Waals surface area contributed by atoms with Crippen LogP contribution in [0.4, 0.5) is 13.2 Å².